The molecule has 1 saturated heterocycles. The average Bonchev–Trinajstić information content (AvgIpc) is 3.32. The van der Waals surface area contributed by atoms with Crippen molar-refractivity contribution >= 4 is 6.03 Å². The number of rotatable bonds is 3. The first-order valence-corrected chi connectivity index (χ1v) is 11.2. The molecule has 166 valence electrons. The van der Waals surface area contributed by atoms with Crippen molar-refractivity contribution < 1.29 is 13.7 Å². The maximum absolute atomic E-state index is 14.2. The lowest BCUT2D eigenvalue weighted by Crippen LogP contribution is -2.47. The molecule has 2 aromatic heterocycles. The molecule has 2 unspecified atom stereocenters. The highest BCUT2D eigenvalue weighted by Crippen LogP contribution is 2.36. The number of hydrogen-bond acceptors (Lipinski definition) is 5. The maximum atomic E-state index is 14.2. The number of aromatic nitrogens is 3. The van der Waals surface area contributed by atoms with Crippen molar-refractivity contribution in [3.05, 3.63) is 65.4 Å². The molecule has 1 aromatic carbocycles. The van der Waals surface area contributed by atoms with E-state index in [0.717, 1.165) is 30.4 Å². The van der Waals surface area contributed by atoms with Gasteiger partial charge in [-0.05, 0) is 60.9 Å². The number of fused-ring (bicyclic) bond motifs is 1. The molecule has 2 amide bonds. The number of carbonyl (C=O) groups excluding carboxylic acids is 1. The van der Waals surface area contributed by atoms with Crippen LogP contribution in [0.15, 0.2) is 47.1 Å². The number of hydrogen-bond donors (Lipinski definition) is 1. The van der Waals surface area contributed by atoms with Gasteiger partial charge in [-0.2, -0.15) is 4.98 Å². The lowest BCUT2D eigenvalue weighted by Gasteiger charge is -2.36. The van der Waals surface area contributed by atoms with Crippen molar-refractivity contribution in [1.29, 1.82) is 0 Å². The lowest BCUT2D eigenvalue weighted by atomic mass is 9.80. The van der Waals surface area contributed by atoms with Gasteiger partial charge in [0.25, 0.3) is 0 Å². The molecule has 3 aromatic rings. The third-order valence-electron chi connectivity index (χ3n) is 6.65. The van der Waals surface area contributed by atoms with Crippen LogP contribution in [-0.4, -0.2) is 39.1 Å². The van der Waals surface area contributed by atoms with Gasteiger partial charge in [-0.25, -0.2) is 9.18 Å². The number of nitrogens with one attached hydrogen (secondary N) is 1. The summed E-state index contributed by atoms with van der Waals surface area (Å²) in [6, 6.07) is 10.4. The molecule has 2 aliphatic rings. The van der Waals surface area contributed by atoms with Crippen LogP contribution in [0.4, 0.5) is 9.18 Å². The summed E-state index contributed by atoms with van der Waals surface area (Å²) in [5.41, 5.74) is 2.31. The molecule has 3 heterocycles. The minimum atomic E-state index is -0.181. The number of carbonyl (C=O) groups is 1. The molecule has 0 radical (unpaired) electrons. The third kappa shape index (κ3) is 3.97. The number of benzene rings is 1. The fourth-order valence-electron chi connectivity index (χ4n) is 4.75. The van der Waals surface area contributed by atoms with Gasteiger partial charge in [0.2, 0.25) is 11.7 Å². The largest absolute Gasteiger partial charge is 0.339 e. The number of halogens is 1. The highest BCUT2D eigenvalue weighted by Gasteiger charge is 2.33. The van der Waals surface area contributed by atoms with Gasteiger partial charge in [-0.15, -0.1) is 0 Å². The Bertz CT molecular complexity index is 1090. The summed E-state index contributed by atoms with van der Waals surface area (Å²) in [6.07, 6.45) is 4.77. The molecule has 7 nitrogen and oxygen atoms in total. The summed E-state index contributed by atoms with van der Waals surface area (Å²) in [4.78, 5) is 23.6. The molecular formula is C24H26FN5O2. The molecule has 32 heavy (non-hydrogen) atoms. The Kier molecular flexibility index (Phi) is 5.59. The summed E-state index contributed by atoms with van der Waals surface area (Å²) in [6.45, 7) is 3.32. The average molecular weight is 436 g/mol. The Morgan fingerprint density at radius 3 is 2.78 bits per heavy atom. The Hall–Kier alpha value is -3.29. The second-order valence-electron chi connectivity index (χ2n) is 8.68. The SMILES string of the molecule is CC1CCc2c(F)cccc2C1NC(=O)N1CCC(c2nc(-c3ccccn3)no2)CC1. The molecule has 1 N–H and O–H groups in total. The van der Waals surface area contributed by atoms with E-state index in [9.17, 15) is 9.18 Å². The number of pyridine rings is 1. The summed E-state index contributed by atoms with van der Waals surface area (Å²) < 4.78 is 19.7. The first-order chi connectivity index (χ1) is 15.6. The number of amides is 2. The van der Waals surface area contributed by atoms with E-state index >= 15 is 0 Å². The predicted molar refractivity (Wildman–Crippen MR) is 116 cm³/mol. The van der Waals surface area contributed by atoms with Gasteiger partial charge < -0.3 is 14.7 Å². The Balaban J connectivity index is 1.21. The lowest BCUT2D eigenvalue weighted by molar-refractivity contribution is 0.167. The zero-order chi connectivity index (χ0) is 22.1. The van der Waals surface area contributed by atoms with E-state index in [0.29, 0.717) is 36.9 Å². The first-order valence-electron chi connectivity index (χ1n) is 11.2. The van der Waals surface area contributed by atoms with Gasteiger partial charge in [-0.1, -0.05) is 30.3 Å². The molecule has 1 aliphatic heterocycles. The van der Waals surface area contributed by atoms with Crippen molar-refractivity contribution in [3.63, 3.8) is 0 Å². The minimum absolute atomic E-state index is 0.0999. The summed E-state index contributed by atoms with van der Waals surface area (Å²) in [7, 11) is 0. The van der Waals surface area contributed by atoms with Crippen LogP contribution in [-0.2, 0) is 6.42 Å². The quantitative estimate of drug-likeness (QED) is 0.656. The minimum Gasteiger partial charge on any atom is -0.339 e. The van der Waals surface area contributed by atoms with Crippen LogP contribution in [0.25, 0.3) is 11.5 Å². The monoisotopic (exact) mass is 435 g/mol. The van der Waals surface area contributed by atoms with E-state index < -0.39 is 0 Å². The fourth-order valence-corrected chi connectivity index (χ4v) is 4.75. The van der Waals surface area contributed by atoms with E-state index in [1.165, 1.54) is 6.07 Å². The van der Waals surface area contributed by atoms with Gasteiger partial charge in [0.05, 0.1) is 6.04 Å². The maximum Gasteiger partial charge on any atom is 0.317 e. The standard InChI is InChI=1S/C24H26FN5O2/c1-15-8-9-17-18(5-4-6-19(17)25)21(15)27-24(31)30-13-10-16(11-14-30)23-28-22(29-32-23)20-7-2-3-12-26-20/h2-7,12,15-16,21H,8-11,13-14H2,1H3,(H,27,31). The van der Waals surface area contributed by atoms with Crippen molar-refractivity contribution in [3.8, 4) is 11.5 Å². The second kappa shape index (κ2) is 8.68. The van der Waals surface area contributed by atoms with Gasteiger partial charge in [-0.3, -0.25) is 4.98 Å². The van der Waals surface area contributed by atoms with E-state index in [1.54, 1.807) is 12.3 Å². The highest BCUT2D eigenvalue weighted by atomic mass is 19.1. The molecule has 5 rings (SSSR count). The number of likely N-dealkylation sites (tertiary alicyclic amines) is 1. The van der Waals surface area contributed by atoms with E-state index in [4.69, 9.17) is 4.52 Å². The zero-order valence-electron chi connectivity index (χ0n) is 18.0. The van der Waals surface area contributed by atoms with Crippen LogP contribution in [0.5, 0.6) is 0 Å². The normalized spacial score (nSPS) is 21.2. The first kappa shape index (κ1) is 20.6. The smallest absolute Gasteiger partial charge is 0.317 e. The number of nitrogens with zero attached hydrogens (tertiary/aromatic N) is 4. The van der Waals surface area contributed by atoms with Crippen molar-refractivity contribution in [2.45, 2.75) is 44.6 Å². The molecular weight excluding hydrogens is 409 g/mol. The van der Waals surface area contributed by atoms with Crippen molar-refractivity contribution in [1.82, 2.24) is 25.3 Å². The van der Waals surface area contributed by atoms with Crippen molar-refractivity contribution in [2.75, 3.05) is 13.1 Å². The van der Waals surface area contributed by atoms with E-state index in [2.05, 4.69) is 27.4 Å². The van der Waals surface area contributed by atoms with Crippen LogP contribution in [0.2, 0.25) is 0 Å². The topological polar surface area (TPSA) is 84.2 Å². The van der Waals surface area contributed by atoms with Crippen LogP contribution < -0.4 is 5.32 Å². The molecule has 0 saturated carbocycles. The molecule has 0 spiro atoms. The third-order valence-corrected chi connectivity index (χ3v) is 6.65. The van der Waals surface area contributed by atoms with Crippen molar-refractivity contribution in [2.24, 2.45) is 5.92 Å². The molecule has 8 heteroatoms. The molecule has 0 bridgehead atoms. The molecule has 1 aliphatic carbocycles. The Morgan fingerprint density at radius 2 is 2.00 bits per heavy atom. The van der Waals surface area contributed by atoms with Gasteiger partial charge in [0.1, 0.15) is 11.5 Å². The predicted octanol–water partition coefficient (Wildman–Crippen LogP) is 4.48. The van der Waals surface area contributed by atoms with Crippen LogP contribution in [0.1, 0.15) is 55.2 Å². The number of urea groups is 1. The summed E-state index contributed by atoms with van der Waals surface area (Å²) >= 11 is 0. The van der Waals surface area contributed by atoms with E-state index in [-0.39, 0.29) is 29.7 Å². The van der Waals surface area contributed by atoms with Gasteiger partial charge in [0.15, 0.2) is 0 Å². The van der Waals surface area contributed by atoms with Crippen LogP contribution in [0, 0.1) is 11.7 Å². The van der Waals surface area contributed by atoms with Crippen LogP contribution in [0.3, 0.4) is 0 Å². The Labute approximate surface area is 186 Å². The summed E-state index contributed by atoms with van der Waals surface area (Å²) in [5.74, 6) is 1.27. The highest BCUT2D eigenvalue weighted by molar-refractivity contribution is 5.75. The molecule has 2 atom stereocenters. The zero-order valence-corrected chi connectivity index (χ0v) is 18.0. The second-order valence-corrected chi connectivity index (χ2v) is 8.68. The summed E-state index contributed by atoms with van der Waals surface area (Å²) in [5, 5.41) is 7.22. The Morgan fingerprint density at radius 1 is 1.16 bits per heavy atom. The molecule has 1 fully saturated rings. The fraction of sp³-hybridized carbons (Fsp3) is 0.417. The van der Waals surface area contributed by atoms with Crippen LogP contribution >= 0.6 is 0 Å². The van der Waals surface area contributed by atoms with E-state index in [1.807, 2.05) is 29.2 Å². The van der Waals surface area contributed by atoms with Gasteiger partial charge in [0, 0.05) is 25.2 Å². The number of piperidine rings is 1. The van der Waals surface area contributed by atoms with Gasteiger partial charge >= 0.3 is 6.03 Å².